The summed E-state index contributed by atoms with van der Waals surface area (Å²) in [6.45, 7) is 0. The molecule has 0 atom stereocenters. The summed E-state index contributed by atoms with van der Waals surface area (Å²) in [5, 5.41) is 12.5. The lowest BCUT2D eigenvalue weighted by molar-refractivity contribution is 0.102. The van der Waals surface area contributed by atoms with Crippen LogP contribution in [0, 0.1) is 0 Å². The summed E-state index contributed by atoms with van der Waals surface area (Å²) >= 11 is 0. The third-order valence-electron chi connectivity index (χ3n) is 4.07. The van der Waals surface area contributed by atoms with Crippen molar-refractivity contribution in [2.45, 2.75) is 0 Å². The van der Waals surface area contributed by atoms with Crippen molar-refractivity contribution in [3.05, 3.63) is 52.3 Å². The molecule has 0 spiro atoms. The second kappa shape index (κ2) is 7.28. The fraction of sp³-hybridized carbons (Fsp3) is 0.158. The van der Waals surface area contributed by atoms with Gasteiger partial charge in [-0.05, 0) is 12.1 Å². The van der Waals surface area contributed by atoms with Crippen LogP contribution in [-0.2, 0) is 0 Å². The maximum atomic E-state index is 13.0. The number of carbonyl (C=O) groups is 1. The number of anilines is 1. The van der Waals surface area contributed by atoms with Gasteiger partial charge in [0.05, 0.1) is 37.9 Å². The number of aromatic amines is 1. The van der Waals surface area contributed by atoms with Gasteiger partial charge in [-0.3, -0.25) is 9.59 Å². The largest absolute Gasteiger partial charge is 0.506 e. The van der Waals surface area contributed by atoms with E-state index in [1.165, 1.54) is 39.7 Å². The van der Waals surface area contributed by atoms with E-state index >= 15 is 0 Å². The number of phenolic OH excluding ortho intramolecular Hbond substituents is 1. The summed E-state index contributed by atoms with van der Waals surface area (Å²) in [5.41, 5.74) is -0.0689. The number of hydrogen-bond acceptors (Lipinski definition) is 6. The molecule has 1 aromatic heterocycles. The molecule has 0 fully saturated rings. The molecule has 1 amide bonds. The Morgan fingerprint density at radius 1 is 1.07 bits per heavy atom. The molecule has 27 heavy (non-hydrogen) atoms. The monoisotopic (exact) mass is 370 g/mol. The number of benzene rings is 2. The van der Waals surface area contributed by atoms with Crippen molar-refractivity contribution in [3.63, 3.8) is 0 Å². The number of methoxy groups -OCH3 is 3. The number of aromatic nitrogens is 1. The van der Waals surface area contributed by atoms with Crippen LogP contribution in [0.3, 0.4) is 0 Å². The van der Waals surface area contributed by atoms with Gasteiger partial charge in [0.25, 0.3) is 5.91 Å². The maximum Gasteiger partial charge on any atom is 0.261 e. The van der Waals surface area contributed by atoms with Crippen molar-refractivity contribution in [1.29, 1.82) is 0 Å². The quantitative estimate of drug-likeness (QED) is 0.595. The average Bonchev–Trinajstić information content (AvgIpc) is 2.68. The van der Waals surface area contributed by atoms with Crippen LogP contribution in [0.15, 0.2) is 41.3 Å². The molecule has 0 aliphatic rings. The van der Waals surface area contributed by atoms with Gasteiger partial charge in [0, 0.05) is 12.3 Å². The van der Waals surface area contributed by atoms with Gasteiger partial charge < -0.3 is 29.6 Å². The number of fused-ring (bicyclic) bond motifs is 1. The minimum Gasteiger partial charge on any atom is -0.506 e. The van der Waals surface area contributed by atoms with E-state index in [0.717, 1.165) is 0 Å². The fourth-order valence-corrected chi connectivity index (χ4v) is 2.78. The van der Waals surface area contributed by atoms with Crippen LogP contribution in [0.4, 0.5) is 5.69 Å². The molecular formula is C19H18N2O6. The summed E-state index contributed by atoms with van der Waals surface area (Å²) in [5.74, 6) is 0.00835. The van der Waals surface area contributed by atoms with E-state index in [1.807, 2.05) is 0 Å². The highest BCUT2D eigenvalue weighted by molar-refractivity contribution is 6.07. The Labute approximate surface area is 154 Å². The SMILES string of the molecule is COc1cc2[nH]cc(C(=O)Nc3ccccc3O)c(=O)c2c(OC)c1OC. The standard InChI is InChI=1S/C19H18N2O6/c1-25-14-8-12-15(18(27-3)17(14)26-2)16(23)10(9-20-12)19(24)21-11-6-4-5-7-13(11)22/h4-9,22H,1-3H3,(H,20,23)(H,21,24). The minimum absolute atomic E-state index is 0.105. The molecule has 2 aromatic carbocycles. The van der Waals surface area contributed by atoms with Crippen LogP contribution in [0.5, 0.6) is 23.0 Å². The lowest BCUT2D eigenvalue weighted by Gasteiger charge is -2.15. The van der Waals surface area contributed by atoms with E-state index < -0.39 is 11.3 Å². The normalized spacial score (nSPS) is 10.5. The highest BCUT2D eigenvalue weighted by Crippen LogP contribution is 2.41. The number of carbonyl (C=O) groups excluding carboxylic acids is 1. The van der Waals surface area contributed by atoms with Crippen LogP contribution in [0.2, 0.25) is 0 Å². The number of ether oxygens (including phenoxy) is 3. The van der Waals surface area contributed by atoms with Gasteiger partial charge in [-0.1, -0.05) is 12.1 Å². The van der Waals surface area contributed by atoms with Gasteiger partial charge in [0.1, 0.15) is 11.3 Å². The predicted octanol–water partition coefficient (Wildman–Crippen LogP) is 2.51. The van der Waals surface area contributed by atoms with Crippen molar-refractivity contribution in [2.75, 3.05) is 26.6 Å². The van der Waals surface area contributed by atoms with Gasteiger partial charge in [0.15, 0.2) is 11.5 Å². The Hall–Kier alpha value is -3.68. The first-order valence-corrected chi connectivity index (χ1v) is 7.95. The van der Waals surface area contributed by atoms with Gasteiger partial charge in [0.2, 0.25) is 11.2 Å². The molecule has 3 N–H and O–H groups in total. The molecule has 0 saturated carbocycles. The second-order valence-electron chi connectivity index (χ2n) is 5.57. The number of rotatable bonds is 5. The van der Waals surface area contributed by atoms with Gasteiger partial charge >= 0.3 is 0 Å². The van der Waals surface area contributed by atoms with Gasteiger partial charge in [-0.25, -0.2) is 0 Å². The zero-order chi connectivity index (χ0) is 19.6. The number of amides is 1. The number of H-pyrrole nitrogens is 1. The van der Waals surface area contributed by atoms with Crippen molar-refractivity contribution < 1.29 is 24.1 Å². The van der Waals surface area contributed by atoms with Crippen LogP contribution >= 0.6 is 0 Å². The number of nitrogens with one attached hydrogen (secondary N) is 2. The van der Waals surface area contributed by atoms with E-state index in [9.17, 15) is 14.7 Å². The number of phenols is 1. The third kappa shape index (κ3) is 3.12. The molecule has 3 rings (SSSR count). The molecule has 0 unspecified atom stereocenters. The Kier molecular flexibility index (Phi) is 4.89. The molecule has 140 valence electrons. The topological polar surface area (TPSA) is 110 Å². The first kappa shape index (κ1) is 18.1. The molecule has 0 radical (unpaired) electrons. The molecule has 3 aromatic rings. The lowest BCUT2D eigenvalue weighted by Crippen LogP contribution is -2.22. The Bertz CT molecular complexity index is 1070. The summed E-state index contributed by atoms with van der Waals surface area (Å²) < 4.78 is 15.9. The number of hydrogen-bond donors (Lipinski definition) is 3. The van der Waals surface area contributed by atoms with Gasteiger partial charge in [-0.15, -0.1) is 0 Å². The average molecular weight is 370 g/mol. The van der Waals surface area contributed by atoms with Crippen LogP contribution in [0.1, 0.15) is 10.4 Å². The van der Waals surface area contributed by atoms with E-state index in [4.69, 9.17) is 14.2 Å². The first-order chi connectivity index (χ1) is 13.0. The van der Waals surface area contributed by atoms with Crippen molar-refractivity contribution in [1.82, 2.24) is 4.98 Å². The number of pyridine rings is 1. The van der Waals surface area contributed by atoms with E-state index in [1.54, 1.807) is 18.2 Å². The highest BCUT2D eigenvalue weighted by Gasteiger charge is 2.22. The van der Waals surface area contributed by atoms with Crippen molar-refractivity contribution >= 4 is 22.5 Å². The Balaban J connectivity index is 2.16. The summed E-state index contributed by atoms with van der Waals surface area (Å²) in [6.07, 6.45) is 1.30. The van der Waals surface area contributed by atoms with Crippen molar-refractivity contribution in [3.8, 4) is 23.0 Å². The highest BCUT2D eigenvalue weighted by atomic mass is 16.5. The zero-order valence-electron chi connectivity index (χ0n) is 15.0. The molecular weight excluding hydrogens is 352 g/mol. The summed E-state index contributed by atoms with van der Waals surface area (Å²) in [4.78, 5) is 28.4. The fourth-order valence-electron chi connectivity index (χ4n) is 2.78. The van der Waals surface area contributed by atoms with E-state index in [2.05, 4.69) is 10.3 Å². The Morgan fingerprint density at radius 3 is 2.41 bits per heavy atom. The summed E-state index contributed by atoms with van der Waals surface area (Å²) in [6, 6.07) is 7.82. The van der Waals surface area contributed by atoms with Crippen LogP contribution in [-0.4, -0.2) is 37.3 Å². The van der Waals surface area contributed by atoms with Crippen LogP contribution < -0.4 is 25.0 Å². The first-order valence-electron chi connectivity index (χ1n) is 7.95. The number of para-hydroxylation sites is 2. The second-order valence-corrected chi connectivity index (χ2v) is 5.57. The zero-order valence-corrected chi connectivity index (χ0v) is 15.0. The molecule has 0 saturated heterocycles. The molecule has 0 aliphatic heterocycles. The molecule has 0 aliphatic carbocycles. The molecule has 8 nitrogen and oxygen atoms in total. The lowest BCUT2D eigenvalue weighted by atomic mass is 10.1. The minimum atomic E-state index is -0.670. The van der Waals surface area contributed by atoms with E-state index in [0.29, 0.717) is 11.3 Å². The Morgan fingerprint density at radius 2 is 1.78 bits per heavy atom. The van der Waals surface area contributed by atoms with Crippen LogP contribution in [0.25, 0.3) is 10.9 Å². The third-order valence-corrected chi connectivity index (χ3v) is 4.07. The number of aromatic hydroxyl groups is 1. The summed E-state index contributed by atoms with van der Waals surface area (Å²) in [7, 11) is 4.29. The van der Waals surface area contributed by atoms with Crippen molar-refractivity contribution in [2.24, 2.45) is 0 Å². The molecule has 0 bridgehead atoms. The van der Waals surface area contributed by atoms with E-state index in [-0.39, 0.29) is 33.9 Å². The molecule has 8 heteroatoms. The van der Waals surface area contributed by atoms with Gasteiger partial charge in [-0.2, -0.15) is 0 Å². The smallest absolute Gasteiger partial charge is 0.261 e. The maximum absolute atomic E-state index is 13.0. The predicted molar refractivity (Wildman–Crippen MR) is 100 cm³/mol. The molecule has 1 heterocycles.